The van der Waals surface area contributed by atoms with E-state index in [0.29, 0.717) is 46.5 Å². The number of pyridine rings is 1. The summed E-state index contributed by atoms with van der Waals surface area (Å²) < 4.78 is 6.73. The molecule has 12 nitrogen and oxygen atoms in total. The molecule has 218 valence electrons. The van der Waals surface area contributed by atoms with Gasteiger partial charge in [0.05, 0.1) is 47.6 Å². The number of rotatable bonds is 7. The topological polar surface area (TPSA) is 144 Å². The number of nitrogens with one attached hydrogen (secondary N) is 1. The van der Waals surface area contributed by atoms with E-state index in [4.69, 9.17) is 27.1 Å². The molecule has 13 heteroatoms. The van der Waals surface area contributed by atoms with Crippen molar-refractivity contribution in [2.75, 3.05) is 36.8 Å². The minimum absolute atomic E-state index is 0.00608. The molecule has 0 spiro atoms. The van der Waals surface area contributed by atoms with Crippen molar-refractivity contribution in [1.82, 2.24) is 29.4 Å². The van der Waals surface area contributed by atoms with Crippen LogP contribution in [0.4, 0.5) is 17.6 Å². The van der Waals surface area contributed by atoms with Gasteiger partial charge in [-0.05, 0) is 48.9 Å². The third kappa shape index (κ3) is 5.17. The number of nitrogens with zero attached hydrogens (tertiary/aromatic N) is 7. The van der Waals surface area contributed by atoms with Gasteiger partial charge in [0, 0.05) is 19.8 Å². The van der Waals surface area contributed by atoms with Crippen molar-refractivity contribution < 1.29 is 9.53 Å². The van der Waals surface area contributed by atoms with E-state index in [-0.39, 0.29) is 28.8 Å². The van der Waals surface area contributed by atoms with Crippen LogP contribution in [-0.4, -0.2) is 56.1 Å². The van der Waals surface area contributed by atoms with E-state index in [1.807, 2.05) is 36.1 Å². The molecule has 0 fully saturated rings. The number of nitrogens with two attached hydrogens (primary N) is 1. The fourth-order valence-corrected chi connectivity index (χ4v) is 5.40. The lowest BCUT2D eigenvalue weighted by molar-refractivity contribution is 0.0781. The lowest BCUT2D eigenvalue weighted by Gasteiger charge is -2.36. The van der Waals surface area contributed by atoms with Crippen molar-refractivity contribution in [3.8, 4) is 11.4 Å². The van der Waals surface area contributed by atoms with Crippen LogP contribution in [0.3, 0.4) is 0 Å². The van der Waals surface area contributed by atoms with Gasteiger partial charge in [-0.2, -0.15) is 9.97 Å². The lowest BCUT2D eigenvalue weighted by Crippen LogP contribution is -2.45. The summed E-state index contributed by atoms with van der Waals surface area (Å²) in [4.78, 5) is 48.8. The van der Waals surface area contributed by atoms with Gasteiger partial charge >= 0.3 is 0 Å². The summed E-state index contributed by atoms with van der Waals surface area (Å²) in [6.45, 7) is 2.59. The largest absolute Gasteiger partial charge is 0.497 e. The number of methoxy groups -OCH3 is 1. The summed E-state index contributed by atoms with van der Waals surface area (Å²) in [5, 5.41) is 3.88. The van der Waals surface area contributed by atoms with Crippen LogP contribution in [0.2, 0.25) is 5.02 Å². The molecule has 6 rings (SSSR count). The zero-order valence-corrected chi connectivity index (χ0v) is 24.4. The Labute approximate surface area is 251 Å². The van der Waals surface area contributed by atoms with Crippen LogP contribution in [-0.2, 0) is 6.54 Å². The highest BCUT2D eigenvalue weighted by atomic mass is 35.5. The SMILES string of the molecule is COc1ccc(CN2CN(C)C(=O)c3c(NC(C)c4nc5cccc(Cl)c5c(=O)n4-c4cccnc4)nc(N)nc32)cc1. The molecule has 43 heavy (non-hydrogen) atoms. The maximum Gasteiger partial charge on any atom is 0.267 e. The minimum atomic E-state index is -0.621. The molecule has 1 aliphatic rings. The number of benzene rings is 2. The summed E-state index contributed by atoms with van der Waals surface area (Å²) in [7, 11) is 3.33. The van der Waals surface area contributed by atoms with E-state index < -0.39 is 6.04 Å². The molecular weight excluding hydrogens is 570 g/mol. The maximum absolute atomic E-state index is 13.8. The van der Waals surface area contributed by atoms with Crippen molar-refractivity contribution in [2.45, 2.75) is 19.5 Å². The first kappa shape index (κ1) is 27.9. The number of carbonyl (C=O) groups excluding carboxylic acids is 1. The predicted octanol–water partition coefficient (Wildman–Crippen LogP) is 4.04. The van der Waals surface area contributed by atoms with Crippen molar-refractivity contribution in [2.24, 2.45) is 0 Å². The molecule has 1 unspecified atom stereocenters. The molecule has 0 bridgehead atoms. The van der Waals surface area contributed by atoms with Gasteiger partial charge in [0.2, 0.25) is 5.95 Å². The zero-order chi connectivity index (χ0) is 30.2. The zero-order valence-electron chi connectivity index (χ0n) is 23.7. The van der Waals surface area contributed by atoms with Crippen molar-refractivity contribution >= 4 is 46.0 Å². The Balaban J connectivity index is 1.44. The molecule has 0 saturated heterocycles. The molecule has 3 aromatic heterocycles. The van der Waals surface area contributed by atoms with Crippen LogP contribution < -0.4 is 26.2 Å². The van der Waals surface area contributed by atoms with Crippen LogP contribution in [0.25, 0.3) is 16.6 Å². The van der Waals surface area contributed by atoms with Gasteiger partial charge in [-0.15, -0.1) is 0 Å². The van der Waals surface area contributed by atoms with E-state index in [9.17, 15) is 9.59 Å². The molecule has 0 saturated carbocycles. The van der Waals surface area contributed by atoms with Crippen LogP contribution in [0.5, 0.6) is 5.75 Å². The second-order valence-corrected chi connectivity index (χ2v) is 10.5. The number of anilines is 3. The molecule has 0 radical (unpaired) electrons. The molecule has 2 aromatic carbocycles. The third-order valence-electron chi connectivity index (χ3n) is 7.20. The molecule has 1 amide bonds. The highest BCUT2D eigenvalue weighted by molar-refractivity contribution is 6.35. The van der Waals surface area contributed by atoms with Crippen LogP contribution in [0.15, 0.2) is 71.8 Å². The van der Waals surface area contributed by atoms with Crippen LogP contribution in [0, 0.1) is 0 Å². The lowest BCUT2D eigenvalue weighted by atomic mass is 10.1. The first-order valence-corrected chi connectivity index (χ1v) is 13.8. The molecule has 1 aliphatic heterocycles. The normalized spacial score (nSPS) is 13.6. The van der Waals surface area contributed by atoms with E-state index in [1.54, 1.807) is 61.8 Å². The van der Waals surface area contributed by atoms with Gasteiger partial charge in [-0.3, -0.25) is 19.1 Å². The molecule has 1 atom stereocenters. The number of halogens is 1. The minimum Gasteiger partial charge on any atom is -0.497 e. The van der Waals surface area contributed by atoms with E-state index in [1.165, 1.54) is 4.57 Å². The second kappa shape index (κ2) is 11.2. The summed E-state index contributed by atoms with van der Waals surface area (Å²) in [6, 6.07) is 15.7. The Morgan fingerprint density at radius 1 is 1.07 bits per heavy atom. The number of fused-ring (bicyclic) bond motifs is 2. The number of carbonyl (C=O) groups is 1. The Hall–Kier alpha value is -5.23. The number of ether oxygens (including phenoxy) is 1. The molecule has 5 aromatic rings. The Bertz CT molecular complexity index is 1900. The number of nitrogen functional groups attached to an aromatic ring is 1. The monoisotopic (exact) mass is 597 g/mol. The van der Waals surface area contributed by atoms with Crippen LogP contribution in [0.1, 0.15) is 34.7 Å². The first-order valence-electron chi connectivity index (χ1n) is 13.4. The number of amides is 1. The van der Waals surface area contributed by atoms with E-state index in [0.717, 1.165) is 11.3 Å². The third-order valence-corrected chi connectivity index (χ3v) is 7.51. The maximum atomic E-state index is 13.8. The van der Waals surface area contributed by atoms with E-state index in [2.05, 4.69) is 20.3 Å². The molecule has 0 aliphatic carbocycles. The van der Waals surface area contributed by atoms with Gasteiger partial charge < -0.3 is 25.6 Å². The van der Waals surface area contributed by atoms with Gasteiger partial charge in [-0.25, -0.2) is 4.98 Å². The molecule has 3 N–H and O–H groups in total. The standard InChI is InChI=1S/C30H28ClN9O3/c1-17(26-35-22-8-4-7-21(31)23(22)29(42)40(26)19-6-5-13-33-14-19)34-25-24-27(37-30(32)36-25)39(16-38(2)28(24)41)15-18-9-11-20(43-3)12-10-18/h4-14,17H,15-16H2,1-3H3,(H3,32,34,36,37). The smallest absolute Gasteiger partial charge is 0.267 e. The molecular formula is C30H28ClN9O3. The van der Waals surface area contributed by atoms with Gasteiger partial charge in [0.25, 0.3) is 11.5 Å². The second-order valence-electron chi connectivity index (χ2n) is 10.1. The highest BCUT2D eigenvalue weighted by Gasteiger charge is 2.33. The van der Waals surface area contributed by atoms with Gasteiger partial charge in [0.1, 0.15) is 23.0 Å². The highest BCUT2D eigenvalue weighted by Crippen LogP contribution is 2.34. The molecule has 4 heterocycles. The van der Waals surface area contributed by atoms with Crippen molar-refractivity contribution in [1.29, 1.82) is 0 Å². The summed E-state index contributed by atoms with van der Waals surface area (Å²) in [5.74, 6) is 1.47. The Morgan fingerprint density at radius 2 is 1.86 bits per heavy atom. The Kier molecular flexibility index (Phi) is 7.28. The van der Waals surface area contributed by atoms with Crippen molar-refractivity contribution in [3.05, 3.63) is 99.3 Å². The van der Waals surface area contributed by atoms with E-state index >= 15 is 0 Å². The summed E-state index contributed by atoms with van der Waals surface area (Å²) >= 11 is 6.43. The van der Waals surface area contributed by atoms with Gasteiger partial charge in [-0.1, -0.05) is 29.8 Å². The summed E-state index contributed by atoms with van der Waals surface area (Å²) in [5.41, 5.74) is 8.04. The quantitative estimate of drug-likeness (QED) is 0.282. The number of aromatic nitrogens is 5. The van der Waals surface area contributed by atoms with Crippen LogP contribution >= 0.6 is 11.6 Å². The summed E-state index contributed by atoms with van der Waals surface area (Å²) in [6.07, 6.45) is 3.19. The van der Waals surface area contributed by atoms with Gasteiger partial charge in [0.15, 0.2) is 5.82 Å². The average Bonchev–Trinajstić information content (AvgIpc) is 3.00. The Morgan fingerprint density at radius 3 is 2.58 bits per heavy atom. The fraction of sp³-hybridized carbons (Fsp3) is 0.200. The number of hydrogen-bond acceptors (Lipinski definition) is 10. The first-order chi connectivity index (χ1) is 20.7. The number of hydrogen-bond donors (Lipinski definition) is 2. The predicted molar refractivity (Wildman–Crippen MR) is 165 cm³/mol. The fourth-order valence-electron chi connectivity index (χ4n) is 5.15. The van der Waals surface area contributed by atoms with Crippen molar-refractivity contribution in [3.63, 3.8) is 0 Å². The average molecular weight is 598 g/mol.